The zero-order valence-electron chi connectivity index (χ0n) is 31.9. The lowest BCUT2D eigenvalue weighted by Gasteiger charge is -2.46. The molecule has 1 unspecified atom stereocenters. The summed E-state index contributed by atoms with van der Waals surface area (Å²) in [7, 11) is 0. The quantitative estimate of drug-likeness (QED) is 0.203. The fourth-order valence-electron chi connectivity index (χ4n) is 12.7. The van der Waals surface area contributed by atoms with Gasteiger partial charge in [-0.2, -0.15) is 20.4 Å². The van der Waals surface area contributed by atoms with E-state index in [4.69, 9.17) is 0 Å². The average Bonchev–Trinajstić information content (AvgIpc) is 3.74. The summed E-state index contributed by atoms with van der Waals surface area (Å²) in [6, 6.07) is 11.5. The van der Waals surface area contributed by atoms with Gasteiger partial charge in [0.15, 0.2) is 0 Å². The van der Waals surface area contributed by atoms with Crippen molar-refractivity contribution in [1.29, 1.82) is 0 Å². The van der Waals surface area contributed by atoms with Crippen LogP contribution in [-0.4, -0.2) is 45.9 Å². The summed E-state index contributed by atoms with van der Waals surface area (Å²) in [6.07, 6.45) is 8.05. The summed E-state index contributed by atoms with van der Waals surface area (Å²) in [4.78, 5) is 11.7. The normalized spacial score (nSPS) is 30.7. The fraction of sp³-hybridized carbons (Fsp3) is 0.523. The van der Waals surface area contributed by atoms with E-state index in [1.165, 1.54) is 49.2 Å². The van der Waals surface area contributed by atoms with E-state index in [0.717, 1.165) is 67.7 Å². The average molecular weight is 753 g/mol. The predicted molar refractivity (Wildman–Crippen MR) is 201 cm³/mol. The number of hydrogen-bond donors (Lipinski definition) is 2. The highest BCUT2D eigenvalue weighted by Crippen LogP contribution is 2.72. The van der Waals surface area contributed by atoms with E-state index in [9.17, 15) is 22.4 Å². The Hall–Kier alpha value is -4.25. The van der Waals surface area contributed by atoms with Crippen molar-refractivity contribution in [2.75, 3.05) is 19.6 Å². The third-order valence-corrected chi connectivity index (χ3v) is 15.3. The van der Waals surface area contributed by atoms with E-state index in [-0.39, 0.29) is 50.3 Å². The molecular weight excluding hydrogens is 705 g/mol. The maximum absolute atomic E-state index is 14.3. The summed E-state index contributed by atoms with van der Waals surface area (Å²) >= 11 is 0. The molecule has 55 heavy (non-hydrogen) atoms. The van der Waals surface area contributed by atoms with Crippen molar-refractivity contribution in [3.05, 3.63) is 94.3 Å². The zero-order valence-corrected chi connectivity index (χ0v) is 31.9. The van der Waals surface area contributed by atoms with Gasteiger partial charge in [-0.15, -0.1) is 0 Å². The van der Waals surface area contributed by atoms with Gasteiger partial charge in [0.05, 0.1) is 33.9 Å². The molecule has 0 spiro atoms. The first-order valence-corrected chi connectivity index (χ1v) is 20.0. The molecule has 2 aliphatic heterocycles. The molecule has 4 heterocycles. The first-order valence-electron chi connectivity index (χ1n) is 20.0. The zero-order chi connectivity index (χ0) is 38.5. The third-order valence-electron chi connectivity index (χ3n) is 15.3. The molecule has 4 aromatic rings. The van der Waals surface area contributed by atoms with Gasteiger partial charge < -0.3 is 10.6 Å². The topological polar surface area (TPSA) is 92.7 Å². The largest absolute Gasteiger partial charge is 0.356 e. The van der Waals surface area contributed by atoms with E-state index >= 15 is 0 Å². The maximum Gasteiger partial charge on any atom is 0.220 e. The van der Waals surface area contributed by atoms with Crippen LogP contribution in [0.4, 0.5) is 17.6 Å². The highest BCUT2D eigenvalue weighted by Gasteiger charge is 2.67. The Morgan fingerprint density at radius 3 is 1.53 bits per heavy atom. The number of hydrogen-bond acceptors (Lipinski definition) is 6. The second-order valence-corrected chi connectivity index (χ2v) is 17.9. The third kappa shape index (κ3) is 5.06. The number of piperidine rings is 2. The number of carbonyl (C=O) groups is 1. The van der Waals surface area contributed by atoms with Gasteiger partial charge in [0.1, 0.15) is 23.3 Å². The van der Waals surface area contributed by atoms with Crippen LogP contribution in [0.2, 0.25) is 0 Å². The Bertz CT molecular complexity index is 2150. The molecule has 2 aromatic carbocycles. The summed E-state index contributed by atoms with van der Waals surface area (Å²) in [5.41, 5.74) is 4.57. The van der Waals surface area contributed by atoms with Crippen LogP contribution in [0.3, 0.4) is 0 Å². The van der Waals surface area contributed by atoms with Gasteiger partial charge in [-0.3, -0.25) is 4.79 Å². The van der Waals surface area contributed by atoms with Crippen LogP contribution < -0.4 is 10.6 Å². The molecule has 10 rings (SSSR count). The molecule has 7 nitrogen and oxygen atoms in total. The number of halogens is 4. The van der Waals surface area contributed by atoms with Gasteiger partial charge in [0, 0.05) is 23.8 Å². The lowest BCUT2D eigenvalue weighted by Crippen LogP contribution is -2.50. The maximum atomic E-state index is 14.3. The molecule has 2 aromatic heterocycles. The molecule has 4 bridgehead atoms. The first kappa shape index (κ1) is 36.4. The molecule has 288 valence electrons. The number of rotatable bonds is 4. The predicted octanol–water partition coefficient (Wildman–Crippen LogP) is 8.68. The van der Waals surface area contributed by atoms with Crippen molar-refractivity contribution in [3.63, 3.8) is 0 Å². The number of aromatic nitrogens is 4. The number of amides is 1. The van der Waals surface area contributed by atoms with Crippen LogP contribution in [0.25, 0.3) is 22.5 Å². The minimum absolute atomic E-state index is 0.0136. The van der Waals surface area contributed by atoms with Gasteiger partial charge >= 0.3 is 0 Å². The van der Waals surface area contributed by atoms with Gasteiger partial charge in [-0.1, -0.05) is 39.8 Å². The minimum atomic E-state index is -0.624. The lowest BCUT2D eigenvalue weighted by molar-refractivity contribution is -0.123. The van der Waals surface area contributed by atoms with Crippen LogP contribution in [0.1, 0.15) is 113 Å². The van der Waals surface area contributed by atoms with E-state index in [2.05, 4.69) is 58.7 Å². The second kappa shape index (κ2) is 12.9. The standard InChI is InChI=1S/C22H23F2N3O.C22H25F2N3/c1-21(2)14-8-9-22(21,12-6-7-18(28)25-11-12)20-13(14)10-17(26-27-20)19-15(23)4-3-5-16(19)24;1-21(2)15-8-9-22(21,13-5-4-10-25-12-13)20-14(15)11-18(26-27-20)19-16(23)6-3-7-17(19)24/h3-5,10,12,14H,6-9,11H2,1-2H3,(H,25,28);3,6-7,11,13,15,25H,4-5,8-10,12H2,1-2H3/t12?,14-,22-;13-,15-,22-/m00/s1. The van der Waals surface area contributed by atoms with E-state index in [1.807, 2.05) is 12.1 Å². The fourth-order valence-corrected chi connectivity index (χ4v) is 12.7. The Morgan fingerprint density at radius 1 is 0.636 bits per heavy atom. The van der Waals surface area contributed by atoms with E-state index in [0.29, 0.717) is 36.4 Å². The van der Waals surface area contributed by atoms with Crippen LogP contribution in [0.5, 0.6) is 0 Å². The summed E-state index contributed by atoms with van der Waals surface area (Å²) in [6.45, 7) is 12.0. The Labute approximate surface area is 319 Å². The molecule has 6 aliphatic rings. The van der Waals surface area contributed by atoms with Gasteiger partial charge in [-0.05, 0) is 140 Å². The summed E-state index contributed by atoms with van der Waals surface area (Å²) in [5, 5.41) is 24.4. The number of benzene rings is 2. The van der Waals surface area contributed by atoms with Crippen molar-refractivity contribution < 1.29 is 22.4 Å². The van der Waals surface area contributed by atoms with Crippen molar-refractivity contribution >= 4 is 5.91 Å². The Balaban J connectivity index is 0.000000144. The molecule has 4 fully saturated rings. The van der Waals surface area contributed by atoms with Gasteiger partial charge in [0.2, 0.25) is 5.91 Å². The number of nitrogens with one attached hydrogen (secondary N) is 2. The molecule has 2 saturated heterocycles. The Kier molecular flexibility index (Phi) is 8.53. The number of nitrogens with zero attached hydrogens (tertiary/aromatic N) is 4. The molecular formula is C44H48F4N6O. The number of carbonyl (C=O) groups excluding carboxylic acids is 1. The van der Waals surface area contributed by atoms with Crippen molar-refractivity contribution in [2.24, 2.45) is 22.7 Å². The Morgan fingerprint density at radius 2 is 1.11 bits per heavy atom. The van der Waals surface area contributed by atoms with E-state index in [1.54, 1.807) is 0 Å². The molecule has 11 heteroatoms. The molecule has 2 saturated carbocycles. The van der Waals surface area contributed by atoms with Gasteiger partial charge in [-0.25, -0.2) is 17.6 Å². The van der Waals surface area contributed by atoms with Crippen molar-refractivity contribution in [1.82, 2.24) is 31.0 Å². The van der Waals surface area contributed by atoms with E-state index < -0.39 is 23.3 Å². The van der Waals surface area contributed by atoms with Crippen molar-refractivity contribution in [2.45, 2.75) is 102 Å². The van der Waals surface area contributed by atoms with Crippen LogP contribution >= 0.6 is 0 Å². The van der Waals surface area contributed by atoms with Crippen molar-refractivity contribution in [3.8, 4) is 22.5 Å². The molecule has 1 amide bonds. The molecule has 6 atom stereocenters. The van der Waals surface area contributed by atoms with Crippen LogP contribution in [-0.2, 0) is 15.6 Å². The smallest absolute Gasteiger partial charge is 0.220 e. The minimum Gasteiger partial charge on any atom is -0.356 e. The number of fused-ring (bicyclic) bond motifs is 10. The first-order chi connectivity index (χ1) is 26.3. The highest BCUT2D eigenvalue weighted by molar-refractivity contribution is 5.77. The van der Waals surface area contributed by atoms with Crippen LogP contribution in [0, 0.1) is 45.9 Å². The SMILES string of the molecule is CC1(C)[C@H]2CC[C@]1(C1CCC(=O)NC1)c1nnc(-c3c(F)cccc3F)cc12.CC1(C)[C@H]2CC[C@]1([C@H]1CCCNC1)c1nnc(-c3c(F)cccc3F)cc12. The molecule has 0 radical (unpaired) electrons. The highest BCUT2D eigenvalue weighted by atomic mass is 19.1. The molecule has 2 N–H and O–H groups in total. The van der Waals surface area contributed by atoms with Crippen LogP contribution in [0.15, 0.2) is 48.5 Å². The second-order valence-electron chi connectivity index (χ2n) is 17.9. The molecule has 4 aliphatic carbocycles. The lowest BCUT2D eigenvalue weighted by atomic mass is 9.59. The summed E-state index contributed by atoms with van der Waals surface area (Å²) in [5.74, 6) is -0.814. The summed E-state index contributed by atoms with van der Waals surface area (Å²) < 4.78 is 57.1. The van der Waals surface area contributed by atoms with Gasteiger partial charge in [0.25, 0.3) is 0 Å². The monoisotopic (exact) mass is 752 g/mol.